The van der Waals surface area contributed by atoms with E-state index in [9.17, 15) is 4.39 Å². The molecular formula is C10H11BrFN. The van der Waals surface area contributed by atoms with E-state index in [1.807, 2.05) is 24.3 Å². The molecule has 0 amide bonds. The molecule has 1 aliphatic carbocycles. The second-order valence-electron chi connectivity index (χ2n) is 3.35. The maximum Gasteiger partial charge on any atom is 0.120 e. The van der Waals surface area contributed by atoms with Crippen LogP contribution >= 0.6 is 15.9 Å². The molecule has 1 aromatic carbocycles. The van der Waals surface area contributed by atoms with Gasteiger partial charge in [0.05, 0.1) is 6.04 Å². The third-order valence-electron chi connectivity index (χ3n) is 2.39. The Morgan fingerprint density at radius 1 is 1.23 bits per heavy atom. The molecule has 1 aliphatic rings. The van der Waals surface area contributed by atoms with Crippen LogP contribution in [0.5, 0.6) is 0 Å². The van der Waals surface area contributed by atoms with Gasteiger partial charge in [0, 0.05) is 10.2 Å². The number of alkyl halides is 1. The minimum absolute atomic E-state index is 0.0289. The summed E-state index contributed by atoms with van der Waals surface area (Å²) < 4.78 is 13.9. The first-order chi connectivity index (χ1) is 6.25. The first kappa shape index (κ1) is 9.00. The Balaban J connectivity index is 1.98. The van der Waals surface area contributed by atoms with E-state index in [0.717, 1.165) is 16.6 Å². The number of anilines is 1. The lowest BCUT2D eigenvalue weighted by molar-refractivity contribution is 0.186. The summed E-state index contributed by atoms with van der Waals surface area (Å²) in [5, 5.41) is 3.16. The lowest BCUT2D eigenvalue weighted by Crippen LogP contribution is -2.39. The summed E-state index contributed by atoms with van der Waals surface area (Å²) in [6.45, 7) is 0. The van der Waals surface area contributed by atoms with Gasteiger partial charge in [-0.25, -0.2) is 4.39 Å². The molecule has 0 saturated heterocycles. The van der Waals surface area contributed by atoms with Crippen molar-refractivity contribution in [1.29, 1.82) is 0 Å². The largest absolute Gasteiger partial charge is 0.379 e. The van der Waals surface area contributed by atoms with Gasteiger partial charge in [-0.1, -0.05) is 15.9 Å². The van der Waals surface area contributed by atoms with Crippen LogP contribution in [0.25, 0.3) is 0 Å². The SMILES string of the molecule is FC1CCC1Nc1ccc(Br)cc1. The van der Waals surface area contributed by atoms with E-state index < -0.39 is 6.17 Å². The number of rotatable bonds is 2. The Labute approximate surface area is 85.5 Å². The molecule has 2 rings (SSSR count). The molecule has 0 radical (unpaired) electrons. The summed E-state index contributed by atoms with van der Waals surface area (Å²) in [6.07, 6.45) is 0.981. The molecule has 2 atom stereocenters. The Hall–Kier alpha value is -0.570. The third-order valence-corrected chi connectivity index (χ3v) is 2.91. The number of benzene rings is 1. The van der Waals surface area contributed by atoms with Gasteiger partial charge < -0.3 is 5.32 Å². The Morgan fingerprint density at radius 3 is 2.38 bits per heavy atom. The highest BCUT2D eigenvalue weighted by Crippen LogP contribution is 2.27. The molecule has 1 N–H and O–H groups in total. The summed E-state index contributed by atoms with van der Waals surface area (Å²) in [7, 11) is 0. The van der Waals surface area contributed by atoms with Crippen molar-refractivity contribution < 1.29 is 4.39 Å². The zero-order valence-electron chi connectivity index (χ0n) is 7.13. The number of halogens is 2. The van der Waals surface area contributed by atoms with E-state index in [1.165, 1.54) is 0 Å². The van der Waals surface area contributed by atoms with Crippen LogP contribution in [0.2, 0.25) is 0 Å². The third kappa shape index (κ3) is 2.02. The van der Waals surface area contributed by atoms with Gasteiger partial charge in [0.25, 0.3) is 0 Å². The highest BCUT2D eigenvalue weighted by molar-refractivity contribution is 9.10. The Morgan fingerprint density at radius 2 is 1.92 bits per heavy atom. The topological polar surface area (TPSA) is 12.0 Å². The minimum atomic E-state index is -0.663. The van der Waals surface area contributed by atoms with Gasteiger partial charge in [-0.05, 0) is 37.1 Å². The molecule has 70 valence electrons. The van der Waals surface area contributed by atoms with E-state index in [-0.39, 0.29) is 6.04 Å². The monoisotopic (exact) mass is 243 g/mol. The van der Waals surface area contributed by atoms with Gasteiger partial charge in [-0.3, -0.25) is 0 Å². The Kier molecular flexibility index (Phi) is 2.54. The van der Waals surface area contributed by atoms with Crippen LogP contribution in [0.1, 0.15) is 12.8 Å². The molecule has 2 unspecified atom stereocenters. The zero-order valence-corrected chi connectivity index (χ0v) is 8.72. The van der Waals surface area contributed by atoms with Crippen LogP contribution in [0.15, 0.2) is 28.7 Å². The standard InChI is InChI=1S/C10H11BrFN/c11-7-1-3-8(4-2-7)13-10-6-5-9(10)12/h1-4,9-10,13H,5-6H2. The molecule has 1 saturated carbocycles. The molecule has 1 nitrogen and oxygen atoms in total. The van der Waals surface area contributed by atoms with Crippen molar-refractivity contribution in [3.8, 4) is 0 Å². The maximum absolute atomic E-state index is 12.9. The molecule has 0 heterocycles. The van der Waals surface area contributed by atoms with Crippen molar-refractivity contribution >= 4 is 21.6 Å². The first-order valence-corrected chi connectivity index (χ1v) is 5.21. The average Bonchev–Trinajstić information content (AvgIpc) is 2.15. The van der Waals surface area contributed by atoms with Crippen molar-refractivity contribution in [3.63, 3.8) is 0 Å². The molecule has 0 bridgehead atoms. The highest BCUT2D eigenvalue weighted by atomic mass is 79.9. The smallest absolute Gasteiger partial charge is 0.120 e. The molecule has 0 aromatic heterocycles. The van der Waals surface area contributed by atoms with Crippen LogP contribution in [-0.2, 0) is 0 Å². The fourth-order valence-electron chi connectivity index (χ4n) is 1.38. The number of hydrogen-bond acceptors (Lipinski definition) is 1. The maximum atomic E-state index is 12.9. The van der Waals surface area contributed by atoms with Gasteiger partial charge >= 0.3 is 0 Å². The summed E-state index contributed by atoms with van der Waals surface area (Å²) in [6, 6.07) is 7.84. The lowest BCUT2D eigenvalue weighted by Gasteiger charge is -2.31. The minimum Gasteiger partial charge on any atom is -0.379 e. The molecule has 1 aromatic rings. The van der Waals surface area contributed by atoms with E-state index >= 15 is 0 Å². The van der Waals surface area contributed by atoms with E-state index in [0.29, 0.717) is 6.42 Å². The zero-order chi connectivity index (χ0) is 9.26. The molecule has 0 aliphatic heterocycles. The predicted octanol–water partition coefficient (Wildman–Crippen LogP) is 3.36. The normalized spacial score (nSPS) is 26.6. The van der Waals surface area contributed by atoms with Crippen LogP contribution in [0, 0.1) is 0 Å². The van der Waals surface area contributed by atoms with Crippen LogP contribution in [0.4, 0.5) is 10.1 Å². The van der Waals surface area contributed by atoms with Crippen LogP contribution in [-0.4, -0.2) is 12.2 Å². The van der Waals surface area contributed by atoms with Gasteiger partial charge in [0.2, 0.25) is 0 Å². The molecule has 3 heteroatoms. The molecule has 0 spiro atoms. The second kappa shape index (κ2) is 3.66. The van der Waals surface area contributed by atoms with Crippen molar-refractivity contribution in [3.05, 3.63) is 28.7 Å². The van der Waals surface area contributed by atoms with Crippen molar-refractivity contribution in [2.45, 2.75) is 25.1 Å². The van der Waals surface area contributed by atoms with Crippen LogP contribution < -0.4 is 5.32 Å². The number of hydrogen-bond donors (Lipinski definition) is 1. The second-order valence-corrected chi connectivity index (χ2v) is 4.27. The van der Waals surface area contributed by atoms with Crippen molar-refractivity contribution in [2.75, 3.05) is 5.32 Å². The lowest BCUT2D eigenvalue weighted by atomic mass is 9.90. The van der Waals surface area contributed by atoms with Crippen molar-refractivity contribution in [1.82, 2.24) is 0 Å². The molecular weight excluding hydrogens is 233 g/mol. The highest BCUT2D eigenvalue weighted by Gasteiger charge is 2.30. The van der Waals surface area contributed by atoms with Crippen LogP contribution in [0.3, 0.4) is 0 Å². The Bertz CT molecular complexity index is 285. The van der Waals surface area contributed by atoms with Gasteiger partial charge in [-0.15, -0.1) is 0 Å². The fraction of sp³-hybridized carbons (Fsp3) is 0.400. The summed E-state index contributed by atoms with van der Waals surface area (Å²) >= 11 is 3.35. The van der Waals surface area contributed by atoms with E-state index in [4.69, 9.17) is 0 Å². The summed E-state index contributed by atoms with van der Waals surface area (Å²) in [5.74, 6) is 0. The van der Waals surface area contributed by atoms with Crippen molar-refractivity contribution in [2.24, 2.45) is 0 Å². The predicted molar refractivity (Wildman–Crippen MR) is 55.7 cm³/mol. The van der Waals surface area contributed by atoms with Gasteiger partial charge in [0.15, 0.2) is 0 Å². The average molecular weight is 244 g/mol. The summed E-state index contributed by atoms with van der Waals surface area (Å²) in [4.78, 5) is 0. The quantitative estimate of drug-likeness (QED) is 0.841. The molecule has 1 fully saturated rings. The van der Waals surface area contributed by atoms with E-state index in [2.05, 4.69) is 21.2 Å². The van der Waals surface area contributed by atoms with Gasteiger partial charge in [0.1, 0.15) is 6.17 Å². The number of nitrogens with one attached hydrogen (secondary N) is 1. The van der Waals surface area contributed by atoms with E-state index in [1.54, 1.807) is 0 Å². The summed E-state index contributed by atoms with van der Waals surface area (Å²) in [5.41, 5.74) is 0.996. The molecule has 13 heavy (non-hydrogen) atoms. The first-order valence-electron chi connectivity index (χ1n) is 4.42. The fourth-order valence-corrected chi connectivity index (χ4v) is 1.65. The van der Waals surface area contributed by atoms with Gasteiger partial charge in [-0.2, -0.15) is 0 Å².